The minimum absolute atomic E-state index is 0.187. The Balaban J connectivity index is 2.40. The van der Waals surface area contributed by atoms with Gasteiger partial charge in [0, 0.05) is 13.1 Å². The Hall–Kier alpha value is -3.07. The minimum atomic E-state index is -3.77. The molecule has 9 heteroatoms. The summed E-state index contributed by atoms with van der Waals surface area (Å²) in [5, 5.41) is 2.91. The van der Waals surface area contributed by atoms with Gasteiger partial charge in [0.25, 0.3) is 0 Å². The number of anilines is 1. The fourth-order valence-corrected chi connectivity index (χ4v) is 4.44. The average molecular weight is 504 g/mol. The lowest BCUT2D eigenvalue weighted by molar-refractivity contribution is -0.140. The number of carbonyl (C=O) groups excluding carboxylic acids is 2. The van der Waals surface area contributed by atoms with E-state index in [1.807, 2.05) is 52.0 Å². The number of nitrogens with one attached hydrogen (secondary N) is 1. The third-order valence-electron chi connectivity index (χ3n) is 5.58. The Bertz CT molecular complexity index is 1080. The number of hydrogen-bond acceptors (Lipinski definition) is 5. The molecule has 192 valence electrons. The number of amides is 2. The van der Waals surface area contributed by atoms with Gasteiger partial charge in [0.2, 0.25) is 21.8 Å². The number of nitrogens with zero attached hydrogens (tertiary/aromatic N) is 2. The van der Waals surface area contributed by atoms with Gasteiger partial charge in [-0.2, -0.15) is 0 Å². The molecule has 8 nitrogen and oxygen atoms in total. The molecule has 1 N–H and O–H groups in total. The molecule has 0 saturated carbocycles. The second-order valence-corrected chi connectivity index (χ2v) is 10.9. The molecule has 0 bridgehead atoms. The topological polar surface area (TPSA) is 96.0 Å². The third-order valence-corrected chi connectivity index (χ3v) is 6.72. The third kappa shape index (κ3) is 8.28. The maximum atomic E-state index is 13.6. The van der Waals surface area contributed by atoms with Gasteiger partial charge in [0.1, 0.15) is 18.3 Å². The first-order valence-electron chi connectivity index (χ1n) is 11.7. The number of carbonyl (C=O) groups is 2. The fraction of sp³-hybridized carbons (Fsp3) is 0.462. The van der Waals surface area contributed by atoms with Crippen molar-refractivity contribution in [2.45, 2.75) is 46.7 Å². The van der Waals surface area contributed by atoms with Crippen molar-refractivity contribution in [3.8, 4) is 5.75 Å². The summed E-state index contributed by atoms with van der Waals surface area (Å²) in [5.74, 6) is 0.117. The predicted octanol–water partition coefficient (Wildman–Crippen LogP) is 3.35. The molecule has 1 atom stereocenters. The van der Waals surface area contributed by atoms with Crippen molar-refractivity contribution >= 4 is 27.5 Å². The van der Waals surface area contributed by atoms with E-state index in [4.69, 9.17) is 4.74 Å². The summed E-state index contributed by atoms with van der Waals surface area (Å²) < 4.78 is 31.5. The number of hydrogen-bond donors (Lipinski definition) is 1. The Kier molecular flexibility index (Phi) is 10.1. The molecular formula is C26H37N3O5S. The molecule has 35 heavy (non-hydrogen) atoms. The predicted molar refractivity (Wildman–Crippen MR) is 139 cm³/mol. The van der Waals surface area contributed by atoms with Crippen LogP contribution >= 0.6 is 0 Å². The molecule has 0 spiro atoms. The van der Waals surface area contributed by atoms with Crippen LogP contribution in [0.2, 0.25) is 0 Å². The summed E-state index contributed by atoms with van der Waals surface area (Å²) >= 11 is 0. The molecule has 2 aromatic carbocycles. The van der Waals surface area contributed by atoms with E-state index in [9.17, 15) is 18.0 Å². The molecule has 0 fully saturated rings. The normalized spacial score (nSPS) is 12.2. The zero-order valence-corrected chi connectivity index (χ0v) is 22.3. The minimum Gasteiger partial charge on any atom is -0.497 e. The van der Waals surface area contributed by atoms with E-state index in [1.54, 1.807) is 24.3 Å². The van der Waals surface area contributed by atoms with Gasteiger partial charge < -0.3 is 15.0 Å². The van der Waals surface area contributed by atoms with Crippen LogP contribution in [0.25, 0.3) is 0 Å². The largest absolute Gasteiger partial charge is 0.497 e. The summed E-state index contributed by atoms with van der Waals surface area (Å²) in [4.78, 5) is 28.1. The van der Waals surface area contributed by atoms with Crippen LogP contribution in [0.4, 0.5) is 5.69 Å². The summed E-state index contributed by atoms with van der Waals surface area (Å²) in [6.07, 6.45) is 1.45. The molecule has 0 aliphatic heterocycles. The Labute approximate surface area is 209 Å². The number of ether oxygens (including phenoxy) is 1. The lowest BCUT2D eigenvalue weighted by Gasteiger charge is -2.33. The highest BCUT2D eigenvalue weighted by Crippen LogP contribution is 2.22. The molecule has 1 unspecified atom stereocenters. The van der Waals surface area contributed by atoms with Crippen LogP contribution < -0.4 is 14.4 Å². The molecular weight excluding hydrogens is 466 g/mol. The van der Waals surface area contributed by atoms with Crippen molar-refractivity contribution in [2.75, 3.05) is 30.8 Å². The van der Waals surface area contributed by atoms with E-state index in [-0.39, 0.29) is 18.4 Å². The quantitative estimate of drug-likeness (QED) is 0.479. The van der Waals surface area contributed by atoms with Crippen LogP contribution in [0, 0.1) is 12.8 Å². The van der Waals surface area contributed by atoms with E-state index in [1.165, 1.54) is 12.0 Å². The Morgan fingerprint density at radius 3 is 2.11 bits per heavy atom. The number of methoxy groups -OCH3 is 1. The standard InChI is InChI=1S/C26H37N3O5S/c1-7-24(26(31)27-16-19(2)3)28(17-21-10-8-20(4)9-11-21)25(30)18-29(35(6,32)33)22-12-14-23(34-5)15-13-22/h8-15,19,24H,7,16-18H2,1-6H3,(H,27,31). The summed E-state index contributed by atoms with van der Waals surface area (Å²) in [7, 11) is -2.26. The highest BCUT2D eigenvalue weighted by atomic mass is 32.2. The van der Waals surface area contributed by atoms with E-state index in [0.29, 0.717) is 24.4 Å². The molecule has 0 radical (unpaired) electrons. The first kappa shape index (κ1) is 28.2. The first-order chi connectivity index (χ1) is 16.5. The van der Waals surface area contributed by atoms with Crippen molar-refractivity contribution in [2.24, 2.45) is 5.92 Å². The molecule has 0 heterocycles. The number of aryl methyl sites for hydroxylation is 1. The summed E-state index contributed by atoms with van der Waals surface area (Å²) in [5.41, 5.74) is 2.28. The van der Waals surface area contributed by atoms with Crippen molar-refractivity contribution in [1.82, 2.24) is 10.2 Å². The first-order valence-corrected chi connectivity index (χ1v) is 13.6. The van der Waals surface area contributed by atoms with Gasteiger partial charge in [0.15, 0.2) is 0 Å². The van der Waals surface area contributed by atoms with Crippen molar-refractivity contribution in [3.05, 3.63) is 59.7 Å². The average Bonchev–Trinajstić information content (AvgIpc) is 2.81. The molecule has 2 amide bonds. The summed E-state index contributed by atoms with van der Waals surface area (Å²) in [6.45, 7) is 8.05. The van der Waals surface area contributed by atoms with Gasteiger partial charge in [-0.1, -0.05) is 50.6 Å². The molecule has 2 rings (SSSR count). The van der Waals surface area contributed by atoms with Crippen LogP contribution in [-0.4, -0.2) is 57.6 Å². The molecule has 0 aliphatic carbocycles. The van der Waals surface area contributed by atoms with E-state index < -0.39 is 28.5 Å². The Morgan fingerprint density at radius 1 is 1.03 bits per heavy atom. The number of sulfonamides is 1. The molecule has 0 aliphatic rings. The van der Waals surface area contributed by atoms with Gasteiger partial charge >= 0.3 is 0 Å². The van der Waals surface area contributed by atoms with Gasteiger partial charge in [-0.25, -0.2) is 8.42 Å². The van der Waals surface area contributed by atoms with E-state index >= 15 is 0 Å². The molecule has 0 aromatic heterocycles. The highest BCUT2D eigenvalue weighted by Gasteiger charge is 2.31. The smallest absolute Gasteiger partial charge is 0.244 e. The van der Waals surface area contributed by atoms with Crippen LogP contribution in [0.1, 0.15) is 38.3 Å². The van der Waals surface area contributed by atoms with Crippen molar-refractivity contribution in [1.29, 1.82) is 0 Å². The monoisotopic (exact) mass is 503 g/mol. The highest BCUT2D eigenvalue weighted by molar-refractivity contribution is 7.92. The maximum absolute atomic E-state index is 13.6. The van der Waals surface area contributed by atoms with Crippen molar-refractivity contribution < 1.29 is 22.7 Å². The zero-order valence-electron chi connectivity index (χ0n) is 21.4. The molecule has 0 saturated heterocycles. The van der Waals surface area contributed by atoms with E-state index in [0.717, 1.165) is 21.7 Å². The Morgan fingerprint density at radius 2 is 1.63 bits per heavy atom. The second-order valence-electron chi connectivity index (χ2n) is 9.04. The lowest BCUT2D eigenvalue weighted by Crippen LogP contribution is -2.52. The summed E-state index contributed by atoms with van der Waals surface area (Å²) in [6, 6.07) is 13.4. The van der Waals surface area contributed by atoms with Gasteiger partial charge in [0.05, 0.1) is 19.1 Å². The van der Waals surface area contributed by atoms with Crippen molar-refractivity contribution in [3.63, 3.8) is 0 Å². The second kappa shape index (κ2) is 12.6. The van der Waals surface area contributed by atoms with Crippen LogP contribution in [0.5, 0.6) is 5.75 Å². The lowest BCUT2D eigenvalue weighted by atomic mass is 10.1. The number of rotatable bonds is 12. The maximum Gasteiger partial charge on any atom is 0.244 e. The van der Waals surface area contributed by atoms with Gasteiger partial charge in [-0.15, -0.1) is 0 Å². The zero-order chi connectivity index (χ0) is 26.2. The fourth-order valence-electron chi connectivity index (χ4n) is 3.59. The van der Waals surface area contributed by atoms with Gasteiger partial charge in [-0.3, -0.25) is 13.9 Å². The molecule has 2 aromatic rings. The number of benzene rings is 2. The van der Waals surface area contributed by atoms with Crippen LogP contribution in [0.3, 0.4) is 0 Å². The van der Waals surface area contributed by atoms with Gasteiger partial charge in [-0.05, 0) is 49.1 Å². The van der Waals surface area contributed by atoms with Crippen LogP contribution in [-0.2, 0) is 26.2 Å². The van der Waals surface area contributed by atoms with Crippen LogP contribution in [0.15, 0.2) is 48.5 Å². The SMILES string of the molecule is CCC(C(=O)NCC(C)C)N(Cc1ccc(C)cc1)C(=O)CN(c1ccc(OC)cc1)S(C)(=O)=O. The van der Waals surface area contributed by atoms with E-state index in [2.05, 4.69) is 5.32 Å².